The third-order valence-corrected chi connectivity index (χ3v) is 21.7. The van der Waals surface area contributed by atoms with Crippen molar-refractivity contribution in [2.75, 3.05) is 0 Å². The van der Waals surface area contributed by atoms with Crippen molar-refractivity contribution in [2.24, 2.45) is 0 Å². The first-order chi connectivity index (χ1) is 49.0. The highest BCUT2D eigenvalue weighted by Crippen LogP contribution is 2.44. The smallest absolute Gasteiger partial charge is 0.0747 e. The predicted octanol–water partition coefficient (Wildman–Crippen LogP) is 28.1. The van der Waals surface area contributed by atoms with E-state index in [1.54, 1.807) is 0 Å². The molecular weight excluding hydrogens is 1270 g/mol. The Balaban J connectivity index is 0.000000131. The zero-order valence-corrected chi connectivity index (χ0v) is 69.2. The van der Waals surface area contributed by atoms with Gasteiger partial charge < -0.3 is 0 Å². The largest absolute Gasteiger partial charge is 0.248 e. The first kappa shape index (κ1) is 76.7. The molecule has 105 heavy (non-hydrogen) atoms. The Bertz CT molecular complexity index is 5960. The van der Waals surface area contributed by atoms with Crippen LogP contribution in [-0.4, -0.2) is 24.9 Å². The van der Waals surface area contributed by atoms with E-state index in [0.717, 1.165) is 49.7 Å². The number of aryl methyl sites for hydroxylation is 13. The molecule has 0 saturated carbocycles. The molecular formula is C100H115N5. The van der Waals surface area contributed by atoms with E-state index < -0.39 is 0 Å². The van der Waals surface area contributed by atoms with Crippen LogP contribution < -0.4 is 0 Å². The van der Waals surface area contributed by atoms with Crippen molar-refractivity contribution >= 4 is 109 Å². The molecule has 15 aromatic rings. The molecule has 5 aromatic heterocycles. The Morgan fingerprint density at radius 2 is 0.543 bits per heavy atom. The molecule has 5 heteroatoms. The summed E-state index contributed by atoms with van der Waals surface area (Å²) < 4.78 is 0. The van der Waals surface area contributed by atoms with Gasteiger partial charge in [0.25, 0.3) is 0 Å². The zero-order chi connectivity index (χ0) is 76.8. The lowest BCUT2D eigenvalue weighted by Gasteiger charge is -2.27. The van der Waals surface area contributed by atoms with Crippen molar-refractivity contribution in [3.8, 4) is 0 Å². The third-order valence-electron chi connectivity index (χ3n) is 21.7. The van der Waals surface area contributed by atoms with E-state index in [0.29, 0.717) is 0 Å². The minimum absolute atomic E-state index is 0.0755. The average Bonchev–Trinajstić information content (AvgIpc) is 0.749. The van der Waals surface area contributed by atoms with Gasteiger partial charge in [-0.2, -0.15) is 0 Å². The molecule has 0 unspecified atom stereocenters. The van der Waals surface area contributed by atoms with Gasteiger partial charge in [0.05, 0.1) is 55.2 Å². The Kier molecular flexibility index (Phi) is 20.8. The van der Waals surface area contributed by atoms with E-state index in [4.69, 9.17) is 24.9 Å². The summed E-state index contributed by atoms with van der Waals surface area (Å²) >= 11 is 0. The summed E-state index contributed by atoms with van der Waals surface area (Å²) in [5, 5.41) is 13.0. The monoisotopic (exact) mass is 1390 g/mol. The lowest BCUT2D eigenvalue weighted by atomic mass is 9.79. The molecule has 0 aliphatic carbocycles. The van der Waals surface area contributed by atoms with Gasteiger partial charge in [0.1, 0.15) is 0 Å². The highest BCUT2D eigenvalue weighted by Gasteiger charge is 2.29. The van der Waals surface area contributed by atoms with Crippen LogP contribution in [-0.2, 0) is 27.1 Å². The highest BCUT2D eigenvalue weighted by atomic mass is 14.7. The number of aromatic nitrogens is 5. The van der Waals surface area contributed by atoms with Gasteiger partial charge in [-0.15, -0.1) is 0 Å². The second-order valence-electron chi connectivity index (χ2n) is 35.8. The molecule has 0 aliphatic heterocycles. The summed E-state index contributed by atoms with van der Waals surface area (Å²) in [4.78, 5) is 24.7. The van der Waals surface area contributed by atoms with Crippen LogP contribution in [0.3, 0.4) is 0 Å². The molecule has 0 bridgehead atoms. The number of nitrogens with zero attached hydrogens (tertiary/aromatic N) is 5. The number of benzene rings is 10. The van der Waals surface area contributed by atoms with Crippen LogP contribution in [0.25, 0.3) is 109 Å². The van der Waals surface area contributed by atoms with Gasteiger partial charge in [-0.05, 0) is 280 Å². The number of hydrogen-bond donors (Lipinski definition) is 0. The summed E-state index contributed by atoms with van der Waals surface area (Å²) in [7, 11) is 0. The lowest BCUT2D eigenvalue weighted by Crippen LogP contribution is -2.15. The zero-order valence-electron chi connectivity index (χ0n) is 69.2. The second kappa shape index (κ2) is 28.4. The van der Waals surface area contributed by atoms with Crippen molar-refractivity contribution in [3.05, 3.63) is 263 Å². The van der Waals surface area contributed by atoms with E-state index in [1.807, 2.05) is 0 Å². The first-order valence-corrected chi connectivity index (χ1v) is 38.0. The number of pyridine rings is 5. The fraction of sp³-hybridized carbons (Fsp3) is 0.350. The van der Waals surface area contributed by atoms with E-state index in [2.05, 4.69) is 359 Å². The molecule has 5 heterocycles. The molecule has 540 valence electrons. The van der Waals surface area contributed by atoms with Gasteiger partial charge in [-0.1, -0.05) is 218 Å². The van der Waals surface area contributed by atoms with Crippen LogP contribution in [0.2, 0.25) is 0 Å². The van der Waals surface area contributed by atoms with Crippen LogP contribution >= 0.6 is 0 Å². The van der Waals surface area contributed by atoms with Gasteiger partial charge in [-0.25, -0.2) is 24.9 Å². The van der Waals surface area contributed by atoms with Crippen molar-refractivity contribution in [1.82, 2.24) is 24.9 Å². The van der Waals surface area contributed by atoms with Crippen molar-refractivity contribution in [1.29, 1.82) is 0 Å². The Hall–Kier alpha value is -9.45. The third kappa shape index (κ3) is 15.1. The fourth-order valence-electron chi connectivity index (χ4n) is 16.4. The molecule has 0 aliphatic rings. The second-order valence-corrected chi connectivity index (χ2v) is 35.8. The molecule has 0 fully saturated rings. The average molecular weight is 1390 g/mol. The Morgan fingerprint density at radius 1 is 0.190 bits per heavy atom. The van der Waals surface area contributed by atoms with Crippen molar-refractivity contribution in [3.63, 3.8) is 0 Å². The molecule has 15 rings (SSSR count). The molecule has 10 aromatic carbocycles. The van der Waals surface area contributed by atoms with E-state index in [9.17, 15) is 0 Å². The minimum Gasteiger partial charge on any atom is -0.248 e. The van der Waals surface area contributed by atoms with Crippen molar-refractivity contribution < 1.29 is 0 Å². The normalized spacial score (nSPS) is 12.3. The number of para-hydroxylation sites is 3. The van der Waals surface area contributed by atoms with E-state index >= 15 is 0 Å². The maximum atomic E-state index is 5.11. The van der Waals surface area contributed by atoms with Crippen LogP contribution in [0.15, 0.2) is 152 Å². The number of hydrogen-bond acceptors (Lipinski definition) is 5. The maximum absolute atomic E-state index is 5.11. The van der Waals surface area contributed by atoms with E-state index in [1.165, 1.54) is 171 Å². The number of fused-ring (bicyclic) bond motifs is 10. The molecule has 0 atom stereocenters. The number of rotatable bonds is 0. The van der Waals surface area contributed by atoms with Crippen molar-refractivity contribution in [2.45, 2.75) is 235 Å². The lowest BCUT2D eigenvalue weighted by molar-refractivity contribution is 0.600. The standard InChI is InChI=1S/C22H27N.2C20H23N.2C19H21N/c1-12-10-9-11-17-19(22(6,7)8)18-15(4)13(2)14(3)16(5)21(18)23-20(12)17;1-12-7-9-16-15(11-12)19(20(4,5)6)18-14(3)13(2)8-10-17(18)21-16;1-12-10-14(3)17-16(11-12)21-19-13(2)8-7-9-15(19)18(17)20(4,5)6;1-12-7-9-16-15(10-12)18(19(3,4)5)14-8-6-13(2)11-17(14)20-16;1-12-9-10-16-15(11-12)17(19(3,4)5)14-8-6-7-13(2)18(14)20-16/h9-11H,1-8H3;2*7-11H,1-6H3;2*6-11H,1-5H3. The Labute approximate surface area is 627 Å². The molecule has 5 nitrogen and oxygen atoms in total. The quantitative estimate of drug-likeness (QED) is 0.142. The summed E-state index contributed by atoms with van der Waals surface area (Å²) in [6.45, 7) is 67.1. The highest BCUT2D eigenvalue weighted by molar-refractivity contribution is 6.06. The topological polar surface area (TPSA) is 64.5 Å². The summed E-state index contributed by atoms with van der Waals surface area (Å²) in [5.41, 5.74) is 38.4. The van der Waals surface area contributed by atoms with Gasteiger partial charge in [-0.3, -0.25) is 0 Å². The summed E-state index contributed by atoms with van der Waals surface area (Å²) in [6.07, 6.45) is 0. The summed E-state index contributed by atoms with van der Waals surface area (Å²) in [5.74, 6) is 0. The van der Waals surface area contributed by atoms with Crippen LogP contribution in [0.1, 0.15) is 215 Å². The Morgan fingerprint density at radius 3 is 1.02 bits per heavy atom. The van der Waals surface area contributed by atoms with Crippen LogP contribution in [0.5, 0.6) is 0 Å². The van der Waals surface area contributed by atoms with Crippen LogP contribution in [0.4, 0.5) is 0 Å². The van der Waals surface area contributed by atoms with E-state index in [-0.39, 0.29) is 27.1 Å². The first-order valence-electron chi connectivity index (χ1n) is 38.0. The maximum Gasteiger partial charge on any atom is 0.0747 e. The summed E-state index contributed by atoms with van der Waals surface area (Å²) in [6, 6.07) is 54.6. The van der Waals surface area contributed by atoms with Gasteiger partial charge in [0.2, 0.25) is 0 Å². The molecule has 0 amide bonds. The minimum atomic E-state index is 0.0755. The SMILES string of the molecule is Cc1c(C)c(C)c2c(C(C)(C)C)c3cccc(C)c3nc2c1C.Cc1cc(C)c2c(C(C)(C)C)c3cccc(C)c3nc2c1.Cc1ccc2c(C(C)(C)C)c3cc(C)ccc3nc2c1.Cc1ccc2nc3c(C)cccc3c(C(C)(C)C)c2c1.Cc1ccc2nc3ccc(C)c(C)c3c(C(C)(C)C)c2c1. The molecule has 0 radical (unpaired) electrons. The molecule has 0 N–H and O–H groups in total. The van der Waals surface area contributed by atoms with Gasteiger partial charge in [0, 0.05) is 53.9 Å². The van der Waals surface area contributed by atoms with Gasteiger partial charge in [0.15, 0.2) is 0 Å². The van der Waals surface area contributed by atoms with Gasteiger partial charge >= 0.3 is 0 Å². The molecule has 0 saturated heterocycles. The fourth-order valence-corrected chi connectivity index (χ4v) is 16.4. The predicted molar refractivity (Wildman–Crippen MR) is 461 cm³/mol. The molecule has 0 spiro atoms. The van der Waals surface area contributed by atoms with Crippen LogP contribution in [0, 0.1) is 104 Å².